The number of nitrogens with zero attached hydrogens (tertiary/aromatic N) is 2. The predicted molar refractivity (Wildman–Crippen MR) is 83.2 cm³/mol. The van der Waals surface area contributed by atoms with Gasteiger partial charge in [0.05, 0.1) is 12.2 Å². The molecule has 2 aromatic rings. The Morgan fingerprint density at radius 2 is 2.15 bits per heavy atom. The molecule has 0 aliphatic rings. The molecule has 0 aliphatic carbocycles. The zero-order valence-corrected chi connectivity index (χ0v) is 12.8. The molecule has 20 heavy (non-hydrogen) atoms. The Balaban J connectivity index is 2.18. The minimum Gasteiger partial charge on any atom is -0.398 e. The van der Waals surface area contributed by atoms with Crippen molar-refractivity contribution in [2.45, 2.75) is 13.5 Å². The lowest BCUT2D eigenvalue weighted by Crippen LogP contribution is -2.30. The van der Waals surface area contributed by atoms with Crippen LogP contribution in [0.5, 0.6) is 0 Å². The standard InChI is InChI=1S/C15H16BrN3O/c1-2-19(10-12-5-3-4-8-18-12)15(20)11-6-7-13(16)14(17)9-11/h3-9H,2,10,17H2,1H3. The van der Waals surface area contributed by atoms with Gasteiger partial charge in [0.1, 0.15) is 0 Å². The van der Waals surface area contributed by atoms with Gasteiger partial charge in [0.15, 0.2) is 0 Å². The van der Waals surface area contributed by atoms with Gasteiger partial charge in [0.2, 0.25) is 0 Å². The van der Waals surface area contributed by atoms with Gasteiger partial charge in [-0.25, -0.2) is 0 Å². The van der Waals surface area contributed by atoms with Crippen molar-refractivity contribution < 1.29 is 4.79 Å². The lowest BCUT2D eigenvalue weighted by molar-refractivity contribution is 0.0750. The van der Waals surface area contributed by atoms with Gasteiger partial charge in [-0.15, -0.1) is 0 Å². The topological polar surface area (TPSA) is 59.2 Å². The second-order valence-corrected chi connectivity index (χ2v) is 5.23. The first-order valence-corrected chi connectivity index (χ1v) is 7.15. The Labute approximate surface area is 126 Å². The molecule has 0 atom stereocenters. The molecule has 0 spiro atoms. The molecule has 1 heterocycles. The number of rotatable bonds is 4. The first kappa shape index (κ1) is 14.5. The molecule has 1 aromatic carbocycles. The largest absolute Gasteiger partial charge is 0.398 e. The van der Waals surface area contributed by atoms with Crippen molar-refractivity contribution in [2.24, 2.45) is 0 Å². The Morgan fingerprint density at radius 1 is 1.35 bits per heavy atom. The molecule has 2 N–H and O–H groups in total. The molecule has 1 aromatic heterocycles. The molecule has 1 amide bonds. The molecule has 0 saturated carbocycles. The number of nitrogens with two attached hydrogens (primary N) is 1. The van der Waals surface area contributed by atoms with Gasteiger partial charge in [-0.1, -0.05) is 6.07 Å². The average molecular weight is 334 g/mol. The van der Waals surface area contributed by atoms with Gasteiger partial charge in [0.25, 0.3) is 5.91 Å². The van der Waals surface area contributed by atoms with Crippen LogP contribution in [-0.4, -0.2) is 22.3 Å². The van der Waals surface area contributed by atoms with Crippen molar-refractivity contribution in [3.63, 3.8) is 0 Å². The molecule has 0 radical (unpaired) electrons. The second kappa shape index (κ2) is 6.52. The fourth-order valence-electron chi connectivity index (χ4n) is 1.87. The van der Waals surface area contributed by atoms with Crippen LogP contribution in [0, 0.1) is 0 Å². The SMILES string of the molecule is CCN(Cc1ccccn1)C(=O)c1ccc(Br)c(N)c1. The Morgan fingerprint density at radius 3 is 2.75 bits per heavy atom. The number of carbonyl (C=O) groups excluding carboxylic acids is 1. The van der Waals surface area contributed by atoms with E-state index in [4.69, 9.17) is 5.73 Å². The first-order chi connectivity index (χ1) is 9.61. The minimum absolute atomic E-state index is 0.0441. The number of hydrogen-bond acceptors (Lipinski definition) is 3. The molecular weight excluding hydrogens is 318 g/mol. The number of anilines is 1. The summed E-state index contributed by atoms with van der Waals surface area (Å²) >= 11 is 3.33. The number of pyridine rings is 1. The van der Waals surface area contributed by atoms with Crippen LogP contribution in [0.4, 0.5) is 5.69 Å². The highest BCUT2D eigenvalue weighted by Gasteiger charge is 2.15. The van der Waals surface area contributed by atoms with Crippen molar-refractivity contribution in [1.82, 2.24) is 9.88 Å². The average Bonchev–Trinajstić information content (AvgIpc) is 2.48. The van der Waals surface area contributed by atoms with Crippen LogP contribution >= 0.6 is 15.9 Å². The van der Waals surface area contributed by atoms with Crippen LogP contribution in [0.2, 0.25) is 0 Å². The summed E-state index contributed by atoms with van der Waals surface area (Å²) in [5.41, 5.74) is 7.84. The van der Waals surface area contributed by atoms with Gasteiger partial charge >= 0.3 is 0 Å². The zero-order valence-electron chi connectivity index (χ0n) is 11.2. The van der Waals surface area contributed by atoms with E-state index in [2.05, 4.69) is 20.9 Å². The van der Waals surface area contributed by atoms with E-state index in [0.29, 0.717) is 24.3 Å². The van der Waals surface area contributed by atoms with Crippen LogP contribution in [0.3, 0.4) is 0 Å². The Bertz CT molecular complexity index is 601. The monoisotopic (exact) mass is 333 g/mol. The third kappa shape index (κ3) is 3.36. The minimum atomic E-state index is -0.0441. The summed E-state index contributed by atoms with van der Waals surface area (Å²) in [6, 6.07) is 10.9. The predicted octanol–water partition coefficient (Wildman–Crippen LogP) is 3.09. The van der Waals surface area contributed by atoms with Crippen molar-refractivity contribution in [3.8, 4) is 0 Å². The number of halogens is 1. The maximum atomic E-state index is 12.5. The lowest BCUT2D eigenvalue weighted by Gasteiger charge is -2.20. The number of amides is 1. The van der Waals surface area contributed by atoms with Crippen LogP contribution in [0.1, 0.15) is 23.0 Å². The van der Waals surface area contributed by atoms with Gasteiger partial charge < -0.3 is 10.6 Å². The maximum Gasteiger partial charge on any atom is 0.254 e. The molecule has 0 bridgehead atoms. The van der Waals surface area contributed by atoms with Crippen LogP contribution < -0.4 is 5.73 Å². The van der Waals surface area contributed by atoms with Crippen LogP contribution in [0.15, 0.2) is 47.1 Å². The number of nitrogen functional groups attached to an aromatic ring is 1. The number of aromatic nitrogens is 1. The maximum absolute atomic E-state index is 12.5. The quantitative estimate of drug-likeness (QED) is 0.874. The highest BCUT2D eigenvalue weighted by molar-refractivity contribution is 9.10. The smallest absolute Gasteiger partial charge is 0.254 e. The molecular formula is C15H16BrN3O. The molecule has 5 heteroatoms. The summed E-state index contributed by atoms with van der Waals surface area (Å²) in [5.74, 6) is -0.0441. The molecule has 0 fully saturated rings. The van der Waals surface area contributed by atoms with Crippen molar-refractivity contribution in [2.75, 3.05) is 12.3 Å². The van der Waals surface area contributed by atoms with E-state index in [1.165, 1.54) is 0 Å². The molecule has 2 rings (SSSR count). The van der Waals surface area contributed by atoms with Gasteiger partial charge in [-0.05, 0) is 53.2 Å². The summed E-state index contributed by atoms with van der Waals surface area (Å²) in [4.78, 5) is 18.5. The molecule has 4 nitrogen and oxygen atoms in total. The number of benzene rings is 1. The van der Waals surface area contributed by atoms with E-state index < -0.39 is 0 Å². The molecule has 104 valence electrons. The Hall–Kier alpha value is -1.88. The summed E-state index contributed by atoms with van der Waals surface area (Å²) in [6.45, 7) is 3.06. The molecule has 0 saturated heterocycles. The van der Waals surface area contributed by atoms with Gasteiger partial charge in [-0.2, -0.15) is 0 Å². The van der Waals surface area contributed by atoms with Crippen molar-refractivity contribution in [1.29, 1.82) is 0 Å². The van der Waals surface area contributed by atoms with Gasteiger partial charge in [-0.3, -0.25) is 9.78 Å². The third-order valence-electron chi connectivity index (χ3n) is 2.99. The molecule has 0 aliphatic heterocycles. The highest BCUT2D eigenvalue weighted by Crippen LogP contribution is 2.21. The summed E-state index contributed by atoms with van der Waals surface area (Å²) < 4.78 is 0.793. The highest BCUT2D eigenvalue weighted by atomic mass is 79.9. The van der Waals surface area contributed by atoms with E-state index in [0.717, 1.165) is 10.2 Å². The summed E-state index contributed by atoms with van der Waals surface area (Å²) in [7, 11) is 0. The van der Waals surface area contributed by atoms with Gasteiger partial charge in [0, 0.05) is 28.5 Å². The number of hydrogen-bond donors (Lipinski definition) is 1. The van der Waals surface area contributed by atoms with Crippen LogP contribution in [-0.2, 0) is 6.54 Å². The Kier molecular flexibility index (Phi) is 4.74. The molecule has 0 unspecified atom stereocenters. The van der Waals surface area contributed by atoms with Crippen molar-refractivity contribution in [3.05, 3.63) is 58.3 Å². The van der Waals surface area contributed by atoms with E-state index in [-0.39, 0.29) is 5.91 Å². The second-order valence-electron chi connectivity index (χ2n) is 4.38. The lowest BCUT2D eigenvalue weighted by atomic mass is 10.1. The van der Waals surface area contributed by atoms with E-state index >= 15 is 0 Å². The summed E-state index contributed by atoms with van der Waals surface area (Å²) in [6.07, 6.45) is 1.73. The van der Waals surface area contributed by atoms with E-state index in [9.17, 15) is 4.79 Å². The first-order valence-electron chi connectivity index (χ1n) is 6.36. The fraction of sp³-hybridized carbons (Fsp3) is 0.200. The summed E-state index contributed by atoms with van der Waals surface area (Å²) in [5, 5.41) is 0. The van der Waals surface area contributed by atoms with Crippen molar-refractivity contribution >= 4 is 27.5 Å². The van der Waals surface area contributed by atoms with E-state index in [1.54, 1.807) is 29.3 Å². The van der Waals surface area contributed by atoms with E-state index in [1.807, 2.05) is 25.1 Å². The third-order valence-corrected chi connectivity index (χ3v) is 3.71. The number of carbonyl (C=O) groups is 1. The zero-order chi connectivity index (χ0) is 14.5. The fourth-order valence-corrected chi connectivity index (χ4v) is 2.12. The normalized spacial score (nSPS) is 10.3. The van der Waals surface area contributed by atoms with Crippen LogP contribution in [0.25, 0.3) is 0 Å².